The maximum atomic E-state index is 12.3. The molecule has 3 heterocycles. The van der Waals surface area contributed by atoms with Crippen LogP contribution in [0.5, 0.6) is 0 Å². The molecule has 0 radical (unpaired) electrons. The lowest BCUT2D eigenvalue weighted by molar-refractivity contribution is 0.0944. The molecule has 1 amide bonds. The van der Waals surface area contributed by atoms with Crippen LogP contribution < -0.4 is 5.32 Å². The minimum atomic E-state index is -2.99. The van der Waals surface area contributed by atoms with Gasteiger partial charge in [-0.2, -0.15) is 11.3 Å². The van der Waals surface area contributed by atoms with Crippen LogP contribution in [0.4, 0.5) is 0 Å². The molecule has 112 valence electrons. The van der Waals surface area contributed by atoms with Gasteiger partial charge in [0.05, 0.1) is 17.2 Å². The van der Waals surface area contributed by atoms with Crippen LogP contribution in [0.15, 0.2) is 16.8 Å². The van der Waals surface area contributed by atoms with Crippen LogP contribution in [-0.4, -0.2) is 36.9 Å². The highest BCUT2D eigenvalue weighted by Gasteiger charge is 2.30. The first-order valence-electron chi connectivity index (χ1n) is 6.46. The average molecular weight is 342 g/mol. The van der Waals surface area contributed by atoms with Gasteiger partial charge in [0, 0.05) is 17.0 Å². The average Bonchev–Trinajstić information content (AvgIpc) is 3.09. The van der Waals surface area contributed by atoms with E-state index in [9.17, 15) is 13.2 Å². The molecule has 0 aliphatic carbocycles. The second-order valence-corrected chi connectivity index (χ2v) is 9.03. The molecule has 0 saturated carbocycles. The number of rotatable bonds is 3. The SMILES string of the molecule is Cc1nc(-c2ccsc2)sc1C(=O)N[C@@H]1CCS(=O)(=O)C1. The Bertz CT molecular complexity index is 763. The number of carbonyl (C=O) groups is 1. The molecule has 0 aromatic carbocycles. The maximum absolute atomic E-state index is 12.3. The maximum Gasteiger partial charge on any atom is 0.263 e. The van der Waals surface area contributed by atoms with E-state index < -0.39 is 9.84 Å². The number of amides is 1. The zero-order chi connectivity index (χ0) is 15.0. The summed E-state index contributed by atoms with van der Waals surface area (Å²) in [5.74, 6) is -0.0399. The molecule has 0 spiro atoms. The fraction of sp³-hybridized carbons (Fsp3) is 0.385. The number of thiazole rings is 1. The van der Waals surface area contributed by atoms with Gasteiger partial charge in [0.25, 0.3) is 5.91 Å². The van der Waals surface area contributed by atoms with Crippen molar-refractivity contribution in [3.05, 3.63) is 27.4 Å². The quantitative estimate of drug-likeness (QED) is 0.927. The van der Waals surface area contributed by atoms with Gasteiger partial charge in [0.2, 0.25) is 0 Å². The number of nitrogens with zero attached hydrogens (tertiary/aromatic N) is 1. The smallest absolute Gasteiger partial charge is 0.263 e. The minimum absolute atomic E-state index is 0.0357. The zero-order valence-corrected chi connectivity index (χ0v) is 13.8. The number of thiophene rings is 1. The Morgan fingerprint density at radius 1 is 1.48 bits per heavy atom. The van der Waals surface area contributed by atoms with Crippen LogP contribution in [0.3, 0.4) is 0 Å². The molecule has 1 fully saturated rings. The number of nitrogens with one attached hydrogen (secondary N) is 1. The summed E-state index contributed by atoms with van der Waals surface area (Å²) in [7, 11) is -2.99. The van der Waals surface area contributed by atoms with Crippen molar-refractivity contribution in [1.82, 2.24) is 10.3 Å². The standard InChI is InChI=1S/C13H14N2O3S3/c1-8-11(20-13(14-8)9-2-4-19-6-9)12(16)15-10-3-5-21(17,18)7-10/h2,4,6,10H,3,5,7H2,1H3,(H,15,16)/t10-/m1/s1. The van der Waals surface area contributed by atoms with Crippen molar-refractivity contribution in [3.8, 4) is 10.6 Å². The van der Waals surface area contributed by atoms with Crippen LogP contribution in [0.25, 0.3) is 10.6 Å². The van der Waals surface area contributed by atoms with E-state index in [1.807, 2.05) is 16.8 Å². The van der Waals surface area contributed by atoms with Gasteiger partial charge in [0.1, 0.15) is 9.88 Å². The van der Waals surface area contributed by atoms with Gasteiger partial charge < -0.3 is 5.32 Å². The molecule has 1 saturated heterocycles. The van der Waals surface area contributed by atoms with Gasteiger partial charge in [-0.15, -0.1) is 11.3 Å². The number of carbonyl (C=O) groups excluding carboxylic acids is 1. The molecular formula is C13H14N2O3S3. The van der Waals surface area contributed by atoms with Gasteiger partial charge in [-0.05, 0) is 24.8 Å². The van der Waals surface area contributed by atoms with Crippen LogP contribution in [0, 0.1) is 6.92 Å². The summed E-state index contributed by atoms with van der Waals surface area (Å²) in [5, 5.41) is 7.58. The largest absolute Gasteiger partial charge is 0.347 e. The van der Waals surface area contributed by atoms with Crippen molar-refractivity contribution in [1.29, 1.82) is 0 Å². The van der Waals surface area contributed by atoms with E-state index in [4.69, 9.17) is 0 Å². The lowest BCUT2D eigenvalue weighted by Crippen LogP contribution is -2.35. The Morgan fingerprint density at radius 2 is 2.29 bits per heavy atom. The fourth-order valence-corrected chi connectivity index (χ4v) is 5.63. The predicted molar refractivity (Wildman–Crippen MR) is 84.7 cm³/mol. The highest BCUT2D eigenvalue weighted by Crippen LogP contribution is 2.29. The third kappa shape index (κ3) is 3.17. The zero-order valence-electron chi connectivity index (χ0n) is 11.3. The van der Waals surface area contributed by atoms with Gasteiger partial charge in [-0.3, -0.25) is 4.79 Å². The molecule has 0 unspecified atom stereocenters. The van der Waals surface area contributed by atoms with E-state index in [0.717, 1.165) is 10.6 Å². The lowest BCUT2D eigenvalue weighted by Gasteiger charge is -2.09. The molecule has 1 atom stereocenters. The van der Waals surface area contributed by atoms with Gasteiger partial charge in [-0.25, -0.2) is 13.4 Å². The fourth-order valence-electron chi connectivity index (χ4n) is 2.28. The molecule has 3 rings (SSSR count). The second-order valence-electron chi connectivity index (χ2n) is 5.02. The molecule has 1 aliphatic rings. The second kappa shape index (κ2) is 5.51. The van der Waals surface area contributed by atoms with Gasteiger partial charge in [0.15, 0.2) is 9.84 Å². The summed E-state index contributed by atoms with van der Waals surface area (Å²) in [6.45, 7) is 1.80. The summed E-state index contributed by atoms with van der Waals surface area (Å²) in [6, 6.07) is 1.68. The summed E-state index contributed by atoms with van der Waals surface area (Å²) in [6.07, 6.45) is 0.489. The van der Waals surface area contributed by atoms with Gasteiger partial charge >= 0.3 is 0 Å². The Labute approximate surface area is 131 Å². The number of aryl methyl sites for hydroxylation is 1. The van der Waals surface area contributed by atoms with Crippen molar-refractivity contribution >= 4 is 38.4 Å². The molecular weight excluding hydrogens is 328 g/mol. The molecule has 2 aromatic rings. The van der Waals surface area contributed by atoms with E-state index >= 15 is 0 Å². The van der Waals surface area contributed by atoms with E-state index in [1.54, 1.807) is 18.3 Å². The minimum Gasteiger partial charge on any atom is -0.347 e. The summed E-state index contributed by atoms with van der Waals surface area (Å²) >= 11 is 2.93. The predicted octanol–water partition coefficient (Wildman–Crippen LogP) is 2.10. The molecule has 5 nitrogen and oxygen atoms in total. The number of hydrogen-bond donors (Lipinski definition) is 1. The van der Waals surface area contributed by atoms with Crippen LogP contribution >= 0.6 is 22.7 Å². The van der Waals surface area contributed by atoms with E-state index in [2.05, 4.69) is 10.3 Å². The van der Waals surface area contributed by atoms with Crippen molar-refractivity contribution < 1.29 is 13.2 Å². The first kappa shape index (κ1) is 14.7. The van der Waals surface area contributed by atoms with Crippen LogP contribution in [-0.2, 0) is 9.84 Å². The molecule has 2 aromatic heterocycles. The number of hydrogen-bond acceptors (Lipinski definition) is 6. The Kier molecular flexibility index (Phi) is 3.85. The summed E-state index contributed by atoms with van der Waals surface area (Å²) < 4.78 is 22.9. The summed E-state index contributed by atoms with van der Waals surface area (Å²) in [4.78, 5) is 17.3. The number of sulfone groups is 1. The normalized spacial score (nSPS) is 20.5. The Morgan fingerprint density at radius 3 is 2.90 bits per heavy atom. The third-order valence-electron chi connectivity index (χ3n) is 3.34. The van der Waals surface area contributed by atoms with Crippen LogP contribution in [0.2, 0.25) is 0 Å². The Hall–Kier alpha value is -1.25. The molecule has 21 heavy (non-hydrogen) atoms. The lowest BCUT2D eigenvalue weighted by atomic mass is 10.2. The third-order valence-corrected chi connectivity index (χ3v) is 7.00. The van der Waals surface area contributed by atoms with Crippen molar-refractivity contribution in [2.45, 2.75) is 19.4 Å². The van der Waals surface area contributed by atoms with Gasteiger partial charge in [-0.1, -0.05) is 0 Å². The van der Waals surface area contributed by atoms with Crippen molar-refractivity contribution in [2.24, 2.45) is 0 Å². The first-order chi connectivity index (χ1) is 9.94. The molecule has 8 heteroatoms. The van der Waals surface area contributed by atoms with E-state index in [-0.39, 0.29) is 23.5 Å². The van der Waals surface area contributed by atoms with E-state index in [0.29, 0.717) is 17.0 Å². The van der Waals surface area contributed by atoms with Crippen molar-refractivity contribution in [3.63, 3.8) is 0 Å². The van der Waals surface area contributed by atoms with Crippen molar-refractivity contribution in [2.75, 3.05) is 11.5 Å². The highest BCUT2D eigenvalue weighted by atomic mass is 32.2. The molecule has 1 aliphatic heterocycles. The molecule has 1 N–H and O–H groups in total. The van der Waals surface area contributed by atoms with Crippen LogP contribution in [0.1, 0.15) is 21.8 Å². The highest BCUT2D eigenvalue weighted by molar-refractivity contribution is 7.91. The van der Waals surface area contributed by atoms with E-state index in [1.165, 1.54) is 11.3 Å². The molecule has 0 bridgehead atoms. The monoisotopic (exact) mass is 342 g/mol. The first-order valence-corrected chi connectivity index (χ1v) is 10.0. The summed E-state index contributed by atoms with van der Waals surface area (Å²) in [5.41, 5.74) is 1.69. The number of aromatic nitrogens is 1. The topological polar surface area (TPSA) is 76.1 Å². The Balaban J connectivity index is 1.76.